The van der Waals surface area contributed by atoms with Gasteiger partial charge in [-0.3, -0.25) is 9.59 Å². The number of rotatable bonds is 29. The van der Waals surface area contributed by atoms with E-state index in [1.54, 1.807) is 6.92 Å². The number of fused-ring (bicyclic) bond motifs is 7. The van der Waals surface area contributed by atoms with Crippen molar-refractivity contribution < 1.29 is 173 Å². The minimum Gasteiger partial charge on any atom is -0.432 e. The molecule has 7 heterocycles. The van der Waals surface area contributed by atoms with Crippen molar-refractivity contribution in [2.24, 2.45) is 50.2 Å². The number of aldehydes is 1. The molecule has 4 saturated carbocycles. The summed E-state index contributed by atoms with van der Waals surface area (Å²) in [6.07, 6.45) is -36.2. The molecule has 36 nitrogen and oxygen atoms in total. The van der Waals surface area contributed by atoms with Crippen LogP contribution in [0.15, 0.2) is 11.6 Å². The molecule has 12 rings (SSSR count). The van der Waals surface area contributed by atoms with Gasteiger partial charge in [-0.25, -0.2) is 0 Å². The normalized spacial score (nSPS) is 50.2. The SMILES string of the molecule is CCCCCCCCCCCC(=O)N[C@H]1C(CO)O[C@@H](OC(=O)[C@]23CCC(C)(C)CC2C2=CCC4C5(C)CC[C@H](O[C@@H]6O[CH][C@H](O)[C@H](O[C@@H]7OC[C@H](O)[C@H](O)C7O)C6O[C@@H]6OC(CO)[C@H](O)[C@H](O)C6O)[C@](C)(C=O)[C@@H]5CC[C@]4(C)[C@]2(C)CC3O)C(O[C@@H]2OC(C)[C@H](O[C@@H]3OC[C@H](O)C(O[C@H]4OC[C@@](O)(CO)C4O)C3O)C(O)C2O)C1O. The van der Waals surface area contributed by atoms with Crippen LogP contribution in [0.25, 0.3) is 0 Å². The Bertz CT molecular complexity index is 3290. The highest BCUT2D eigenvalue weighted by Gasteiger charge is 2.73. The van der Waals surface area contributed by atoms with Crippen molar-refractivity contribution in [1.29, 1.82) is 0 Å². The molecule has 0 aromatic heterocycles. The van der Waals surface area contributed by atoms with Crippen molar-refractivity contribution >= 4 is 18.2 Å². The van der Waals surface area contributed by atoms with E-state index in [1.165, 1.54) is 13.3 Å². The molecule has 5 aliphatic carbocycles. The zero-order valence-electron chi connectivity index (χ0n) is 67.5. The van der Waals surface area contributed by atoms with E-state index < -0.39 is 292 Å². The molecule has 665 valence electrons. The number of aliphatic hydroxyl groups excluding tert-OH is 17. The van der Waals surface area contributed by atoms with Crippen LogP contribution in [0.4, 0.5) is 0 Å². The minimum absolute atomic E-state index is 0.0389. The largest absolute Gasteiger partial charge is 0.432 e. The van der Waals surface area contributed by atoms with Crippen molar-refractivity contribution in [3.8, 4) is 0 Å². The van der Waals surface area contributed by atoms with Crippen LogP contribution in [-0.4, -0.2) is 346 Å². The number of hydrogen-bond acceptors (Lipinski definition) is 35. The highest BCUT2D eigenvalue weighted by molar-refractivity contribution is 5.80. The molecule has 1 amide bonds. The van der Waals surface area contributed by atoms with Gasteiger partial charge >= 0.3 is 5.97 Å². The molecule has 7 saturated heterocycles. The molecular formula is C80H130NO35. The van der Waals surface area contributed by atoms with Gasteiger partial charge in [0.25, 0.3) is 0 Å². The third-order valence-electron chi connectivity index (χ3n) is 29.0. The molecule has 116 heavy (non-hydrogen) atoms. The number of aliphatic hydroxyl groups is 18. The zero-order valence-corrected chi connectivity index (χ0v) is 67.5. The predicted molar refractivity (Wildman–Crippen MR) is 394 cm³/mol. The first-order valence-corrected chi connectivity index (χ1v) is 41.8. The molecule has 17 unspecified atom stereocenters. The van der Waals surface area contributed by atoms with E-state index in [-0.39, 0.29) is 31.6 Å². The fourth-order valence-corrected chi connectivity index (χ4v) is 21.7. The molecule has 0 aromatic rings. The lowest BCUT2D eigenvalue weighted by Crippen LogP contribution is -2.70. The molecule has 1 radical (unpaired) electrons. The molecular weight excluding hydrogens is 1530 g/mol. The third-order valence-corrected chi connectivity index (χ3v) is 29.0. The molecule has 7 aliphatic heterocycles. The lowest BCUT2D eigenvalue weighted by atomic mass is 9.33. The van der Waals surface area contributed by atoms with Crippen LogP contribution in [0.3, 0.4) is 0 Å². The summed E-state index contributed by atoms with van der Waals surface area (Å²) in [7, 11) is 0. The summed E-state index contributed by atoms with van der Waals surface area (Å²) in [5, 5.41) is 204. The number of amides is 1. The summed E-state index contributed by atoms with van der Waals surface area (Å²) in [6.45, 7) is 12.9. The Labute approximate surface area is 675 Å². The van der Waals surface area contributed by atoms with Crippen LogP contribution in [0.1, 0.15) is 177 Å². The summed E-state index contributed by atoms with van der Waals surface area (Å²) < 4.78 is 85.1. The molecule has 0 spiro atoms. The highest BCUT2D eigenvalue weighted by atomic mass is 16.8. The van der Waals surface area contributed by atoms with E-state index in [4.69, 9.17) is 66.3 Å². The third kappa shape index (κ3) is 17.4. The second-order valence-corrected chi connectivity index (χ2v) is 36.8. The Hall–Kier alpha value is -2.89. The van der Waals surface area contributed by atoms with E-state index in [0.29, 0.717) is 44.9 Å². The molecule has 0 aromatic carbocycles. The monoisotopic (exact) mass is 1660 g/mol. The first kappa shape index (κ1) is 92.3. The maximum absolute atomic E-state index is 16.2. The average Bonchev–Trinajstić information content (AvgIpc) is 0.766. The predicted octanol–water partition coefficient (Wildman–Crippen LogP) is -2.62. The Balaban J connectivity index is 0.790. The van der Waals surface area contributed by atoms with Crippen LogP contribution in [0.5, 0.6) is 0 Å². The van der Waals surface area contributed by atoms with Crippen molar-refractivity contribution in [2.75, 3.05) is 39.6 Å². The summed E-state index contributed by atoms with van der Waals surface area (Å²) in [4.78, 5) is 44.4. The van der Waals surface area contributed by atoms with E-state index in [0.717, 1.165) is 63.4 Å². The van der Waals surface area contributed by atoms with E-state index in [9.17, 15) is 102 Å². The van der Waals surface area contributed by atoms with Gasteiger partial charge in [0.15, 0.2) is 43.8 Å². The standard InChI is InChI=1S/C80H130NO35/c1-9-10-11-12-13-14-15-16-17-18-49(90)81-50-43(29-82)108-71(63(53(50)93)114-68-58(98)55(95)60(37(2)107-68)111-67-59(99)61(41(87)32-104-67)112-72-65(100)79(102,35-85)36-106-72)116-73(101)80-26-25-74(3,4)27-39(80)38-19-20-46-75(5)23-22-48(76(6,34-84)45(75)21-24-77(46,7)78(38,8)28-47(80)89)110-70-64(115-69-57(97)54(94)52(92)44(30-83)109-69)62(42(88)33-105-70)113-66-56(96)51(91)40(86)31-103-66/h19,33-34,37,39-48,50-72,82-83,85-89,91-100,102H,9-18,20-32,35-36H2,1-8H3,(H,81,90)/t37?,39?,40-,41-,42-,43?,44?,45+,46?,47?,48-,50-,51-,52-,53?,54-,55?,56?,57?,58?,59?,60-,61?,62-,63?,64?,65?,66-,67-,68-,69-,70-,71-,72+,75?,76+,77-,78+,79-,80+/m0/s1. The van der Waals surface area contributed by atoms with Crippen molar-refractivity contribution in [2.45, 2.75) is 373 Å². The van der Waals surface area contributed by atoms with Crippen molar-refractivity contribution in [1.82, 2.24) is 5.32 Å². The number of carbonyl (C=O) groups is 3. The second kappa shape index (κ2) is 37.1. The smallest absolute Gasteiger partial charge is 0.317 e. The quantitative estimate of drug-likeness (QED) is 0.0120. The summed E-state index contributed by atoms with van der Waals surface area (Å²) in [5.74, 6) is -2.71. The highest BCUT2D eigenvalue weighted by Crippen LogP contribution is 2.76. The van der Waals surface area contributed by atoms with Crippen molar-refractivity contribution in [3.63, 3.8) is 0 Å². The van der Waals surface area contributed by atoms with Crippen LogP contribution < -0.4 is 5.32 Å². The number of nitrogens with one attached hydrogen (secondary N) is 1. The summed E-state index contributed by atoms with van der Waals surface area (Å²) in [6, 6.07) is -1.44. The molecule has 11 fully saturated rings. The van der Waals surface area contributed by atoms with E-state index >= 15 is 4.79 Å². The molecule has 40 atom stereocenters. The maximum Gasteiger partial charge on any atom is 0.317 e. The van der Waals surface area contributed by atoms with Gasteiger partial charge in [0, 0.05) is 6.42 Å². The number of hydrogen-bond donors (Lipinski definition) is 19. The van der Waals surface area contributed by atoms with Gasteiger partial charge in [-0.15, -0.1) is 0 Å². The van der Waals surface area contributed by atoms with Gasteiger partial charge in [-0.05, 0) is 111 Å². The topological polar surface area (TPSA) is 557 Å². The number of unbranched alkanes of at least 4 members (excludes halogenated alkanes) is 8. The minimum atomic E-state index is -2.11. The van der Waals surface area contributed by atoms with Gasteiger partial charge in [0.1, 0.15) is 140 Å². The summed E-state index contributed by atoms with van der Waals surface area (Å²) >= 11 is 0. The lowest BCUT2D eigenvalue weighted by Gasteiger charge is -2.71. The van der Waals surface area contributed by atoms with Gasteiger partial charge in [0.2, 0.25) is 12.2 Å². The first-order chi connectivity index (χ1) is 54.8. The van der Waals surface area contributed by atoms with Gasteiger partial charge in [-0.1, -0.05) is 111 Å². The first-order valence-electron chi connectivity index (χ1n) is 41.8. The van der Waals surface area contributed by atoms with Crippen LogP contribution >= 0.6 is 0 Å². The fourth-order valence-electron chi connectivity index (χ4n) is 21.7. The molecule has 12 aliphatic rings. The fraction of sp³-hybridized carbons (Fsp3) is 0.925. The van der Waals surface area contributed by atoms with Gasteiger partial charge in [-0.2, -0.15) is 0 Å². The van der Waals surface area contributed by atoms with E-state index in [1.807, 2.05) is 0 Å². The van der Waals surface area contributed by atoms with Crippen molar-refractivity contribution in [3.05, 3.63) is 18.3 Å². The maximum atomic E-state index is 16.2. The van der Waals surface area contributed by atoms with E-state index in [2.05, 4.69) is 52.9 Å². The Morgan fingerprint density at radius 3 is 1.83 bits per heavy atom. The number of allylic oxidation sites excluding steroid dienone is 2. The van der Waals surface area contributed by atoms with Gasteiger partial charge in [0.05, 0.1) is 69.4 Å². The number of ether oxygens (including phenoxy) is 14. The number of carbonyl (C=O) groups excluding carboxylic acids is 3. The lowest BCUT2D eigenvalue weighted by molar-refractivity contribution is -0.377. The summed E-state index contributed by atoms with van der Waals surface area (Å²) in [5.41, 5.74) is -6.74. The van der Waals surface area contributed by atoms with Gasteiger partial charge < -0.3 is 168 Å². The second-order valence-electron chi connectivity index (χ2n) is 36.8. The number of esters is 1. The Kier molecular flexibility index (Phi) is 29.5. The molecule has 19 N–H and O–H groups in total. The Morgan fingerprint density at radius 1 is 0.560 bits per heavy atom. The zero-order chi connectivity index (χ0) is 84.3. The average molecular weight is 1670 g/mol. The van der Waals surface area contributed by atoms with Crippen LogP contribution in [-0.2, 0) is 80.7 Å². The van der Waals surface area contributed by atoms with Crippen LogP contribution in [0, 0.1) is 56.9 Å². The molecule has 36 heteroatoms. The van der Waals surface area contributed by atoms with Crippen LogP contribution in [0.2, 0.25) is 0 Å². The Morgan fingerprint density at radius 2 is 1.16 bits per heavy atom. The molecule has 0 bridgehead atoms.